The number of hydrogen-bond donors (Lipinski definition) is 0. The molecule has 3 unspecified atom stereocenters. The normalized spacial score (nSPS) is 27.1. The SMILES string of the molecule is Cc1ccc2c(C)c(C(C)(C)C)cc(C3CC4CCC3C4)c2n1. The van der Waals surface area contributed by atoms with E-state index in [4.69, 9.17) is 4.98 Å². The molecule has 2 bridgehead atoms. The molecule has 0 aliphatic heterocycles. The van der Waals surface area contributed by atoms with Crippen molar-refractivity contribution in [3.8, 4) is 0 Å². The number of benzene rings is 1. The quantitative estimate of drug-likeness (QED) is 0.624. The third kappa shape index (κ3) is 2.40. The molecule has 0 radical (unpaired) electrons. The molecule has 3 atom stereocenters. The molecule has 1 heterocycles. The minimum absolute atomic E-state index is 0.190. The molecule has 0 saturated heterocycles. The fourth-order valence-electron chi connectivity index (χ4n) is 5.24. The van der Waals surface area contributed by atoms with E-state index in [1.807, 2.05) is 0 Å². The van der Waals surface area contributed by atoms with Crippen molar-refractivity contribution < 1.29 is 0 Å². The molecular formula is C22H29N. The molecule has 2 aliphatic carbocycles. The van der Waals surface area contributed by atoms with Gasteiger partial charge in [-0.05, 0) is 79.0 Å². The maximum Gasteiger partial charge on any atom is 0.0742 e. The van der Waals surface area contributed by atoms with Gasteiger partial charge in [-0.15, -0.1) is 0 Å². The number of nitrogens with zero attached hydrogens (tertiary/aromatic N) is 1. The first-order valence-corrected chi connectivity index (χ1v) is 9.26. The summed E-state index contributed by atoms with van der Waals surface area (Å²) in [5.74, 6) is 2.62. The molecule has 0 amide bonds. The Morgan fingerprint density at radius 1 is 1.04 bits per heavy atom. The first-order valence-electron chi connectivity index (χ1n) is 9.26. The highest BCUT2D eigenvalue weighted by Crippen LogP contribution is 2.54. The predicted octanol–water partition coefficient (Wildman–Crippen LogP) is 6.05. The number of fused-ring (bicyclic) bond motifs is 3. The molecule has 2 fully saturated rings. The van der Waals surface area contributed by atoms with E-state index in [9.17, 15) is 0 Å². The van der Waals surface area contributed by atoms with Crippen LogP contribution < -0.4 is 0 Å². The van der Waals surface area contributed by atoms with Gasteiger partial charge >= 0.3 is 0 Å². The third-order valence-electron chi connectivity index (χ3n) is 6.36. The second kappa shape index (κ2) is 5.06. The third-order valence-corrected chi connectivity index (χ3v) is 6.36. The zero-order valence-electron chi connectivity index (χ0n) is 15.2. The van der Waals surface area contributed by atoms with Crippen molar-refractivity contribution in [3.05, 3.63) is 40.6 Å². The Bertz CT molecular complexity index is 766. The van der Waals surface area contributed by atoms with Crippen LogP contribution in [0.2, 0.25) is 0 Å². The highest BCUT2D eigenvalue weighted by Gasteiger charge is 2.41. The standard InChI is InChI=1S/C22H29N/c1-13-6-9-17-14(2)20(22(3,4)5)12-19(21(17)23-13)18-11-15-7-8-16(18)10-15/h6,9,12,15-16,18H,7-8,10-11H2,1-5H3. The lowest BCUT2D eigenvalue weighted by atomic mass is 9.76. The van der Waals surface area contributed by atoms with Crippen molar-refractivity contribution in [2.24, 2.45) is 11.8 Å². The Morgan fingerprint density at radius 3 is 2.43 bits per heavy atom. The van der Waals surface area contributed by atoms with E-state index >= 15 is 0 Å². The maximum absolute atomic E-state index is 4.99. The molecule has 23 heavy (non-hydrogen) atoms. The zero-order chi connectivity index (χ0) is 16.4. The Balaban J connectivity index is 1.97. The van der Waals surface area contributed by atoms with Crippen LogP contribution in [0.4, 0.5) is 0 Å². The Morgan fingerprint density at radius 2 is 1.83 bits per heavy atom. The van der Waals surface area contributed by atoms with Crippen LogP contribution in [0.25, 0.3) is 10.9 Å². The van der Waals surface area contributed by atoms with Gasteiger partial charge in [-0.2, -0.15) is 0 Å². The van der Waals surface area contributed by atoms with Crippen LogP contribution in [-0.4, -0.2) is 4.98 Å². The van der Waals surface area contributed by atoms with Gasteiger partial charge in [0, 0.05) is 11.1 Å². The molecule has 4 rings (SSSR count). The van der Waals surface area contributed by atoms with Crippen molar-refractivity contribution in [2.75, 3.05) is 0 Å². The molecule has 1 nitrogen and oxygen atoms in total. The van der Waals surface area contributed by atoms with E-state index < -0.39 is 0 Å². The van der Waals surface area contributed by atoms with Crippen LogP contribution in [0.5, 0.6) is 0 Å². The van der Waals surface area contributed by atoms with E-state index in [2.05, 4.69) is 52.8 Å². The van der Waals surface area contributed by atoms with Crippen molar-refractivity contribution in [1.29, 1.82) is 0 Å². The average Bonchev–Trinajstić information content (AvgIpc) is 3.08. The van der Waals surface area contributed by atoms with Crippen molar-refractivity contribution in [3.63, 3.8) is 0 Å². The molecule has 2 aromatic rings. The van der Waals surface area contributed by atoms with Gasteiger partial charge in [0.15, 0.2) is 0 Å². The van der Waals surface area contributed by atoms with Gasteiger partial charge in [0.2, 0.25) is 0 Å². The summed E-state index contributed by atoms with van der Waals surface area (Å²) >= 11 is 0. The zero-order valence-corrected chi connectivity index (χ0v) is 15.2. The molecular weight excluding hydrogens is 278 g/mol. The molecule has 0 N–H and O–H groups in total. The van der Waals surface area contributed by atoms with Gasteiger partial charge in [0.1, 0.15) is 0 Å². The summed E-state index contributed by atoms with van der Waals surface area (Å²) in [6, 6.07) is 7.00. The fourth-order valence-corrected chi connectivity index (χ4v) is 5.24. The second-order valence-corrected chi connectivity index (χ2v) is 9.02. The van der Waals surface area contributed by atoms with Crippen LogP contribution in [0, 0.1) is 25.7 Å². The van der Waals surface area contributed by atoms with E-state index in [1.54, 1.807) is 5.56 Å². The fraction of sp³-hybridized carbons (Fsp3) is 0.591. The number of hydrogen-bond acceptors (Lipinski definition) is 1. The van der Waals surface area contributed by atoms with Gasteiger partial charge in [0.05, 0.1) is 5.52 Å². The van der Waals surface area contributed by atoms with E-state index in [0.29, 0.717) is 0 Å². The highest BCUT2D eigenvalue weighted by molar-refractivity contribution is 5.87. The smallest absolute Gasteiger partial charge is 0.0742 e. The first kappa shape index (κ1) is 15.2. The summed E-state index contributed by atoms with van der Waals surface area (Å²) in [6.07, 6.45) is 5.74. The summed E-state index contributed by atoms with van der Waals surface area (Å²) in [5.41, 5.74) is 7.10. The van der Waals surface area contributed by atoms with Crippen molar-refractivity contribution in [2.45, 2.75) is 71.6 Å². The molecule has 0 spiro atoms. The van der Waals surface area contributed by atoms with E-state index in [0.717, 1.165) is 23.4 Å². The molecule has 1 aromatic heterocycles. The lowest BCUT2D eigenvalue weighted by Crippen LogP contribution is -2.17. The lowest BCUT2D eigenvalue weighted by molar-refractivity contribution is 0.420. The molecule has 2 saturated carbocycles. The van der Waals surface area contributed by atoms with E-state index in [-0.39, 0.29) is 5.41 Å². The summed E-state index contributed by atoms with van der Waals surface area (Å²) in [6.45, 7) is 11.4. The summed E-state index contributed by atoms with van der Waals surface area (Å²) in [4.78, 5) is 4.99. The van der Waals surface area contributed by atoms with Crippen LogP contribution >= 0.6 is 0 Å². The molecule has 122 valence electrons. The average molecular weight is 307 g/mol. The second-order valence-electron chi connectivity index (χ2n) is 9.02. The van der Waals surface area contributed by atoms with Crippen LogP contribution in [0.15, 0.2) is 18.2 Å². The van der Waals surface area contributed by atoms with Gasteiger partial charge < -0.3 is 0 Å². The predicted molar refractivity (Wildman–Crippen MR) is 98.1 cm³/mol. The topological polar surface area (TPSA) is 12.9 Å². The van der Waals surface area contributed by atoms with Crippen LogP contribution in [-0.2, 0) is 5.41 Å². The molecule has 1 aromatic carbocycles. The molecule has 2 aliphatic rings. The van der Waals surface area contributed by atoms with Crippen LogP contribution in [0.3, 0.4) is 0 Å². The van der Waals surface area contributed by atoms with Gasteiger partial charge in [-0.3, -0.25) is 4.98 Å². The number of rotatable bonds is 1. The number of aromatic nitrogens is 1. The minimum Gasteiger partial charge on any atom is -0.253 e. The highest BCUT2D eigenvalue weighted by atomic mass is 14.7. The minimum atomic E-state index is 0.190. The maximum atomic E-state index is 4.99. The van der Waals surface area contributed by atoms with Crippen LogP contribution in [0.1, 0.15) is 74.8 Å². The lowest BCUT2D eigenvalue weighted by Gasteiger charge is -2.28. The summed E-state index contributed by atoms with van der Waals surface area (Å²) < 4.78 is 0. The van der Waals surface area contributed by atoms with Crippen molar-refractivity contribution >= 4 is 10.9 Å². The number of pyridine rings is 1. The van der Waals surface area contributed by atoms with E-state index in [1.165, 1.54) is 47.7 Å². The summed E-state index contributed by atoms with van der Waals surface area (Å²) in [5, 5.41) is 1.38. The Labute approximate surface area is 140 Å². The van der Waals surface area contributed by atoms with Gasteiger partial charge in [0.25, 0.3) is 0 Å². The Hall–Kier alpha value is -1.37. The molecule has 1 heteroatoms. The van der Waals surface area contributed by atoms with Gasteiger partial charge in [-0.25, -0.2) is 0 Å². The monoisotopic (exact) mass is 307 g/mol. The number of aryl methyl sites for hydroxylation is 2. The first-order chi connectivity index (χ1) is 10.8. The Kier molecular flexibility index (Phi) is 3.34. The largest absolute Gasteiger partial charge is 0.253 e. The summed E-state index contributed by atoms with van der Waals surface area (Å²) in [7, 11) is 0. The van der Waals surface area contributed by atoms with Gasteiger partial charge in [-0.1, -0.05) is 39.3 Å². The van der Waals surface area contributed by atoms with Crippen molar-refractivity contribution in [1.82, 2.24) is 4.98 Å².